The summed E-state index contributed by atoms with van der Waals surface area (Å²) in [4.78, 5) is 28.9. The van der Waals surface area contributed by atoms with E-state index in [1.165, 1.54) is 0 Å². The van der Waals surface area contributed by atoms with E-state index in [-0.39, 0.29) is 30.4 Å². The number of carbonyl (C=O) groups excluding carboxylic acids is 2. The predicted octanol–water partition coefficient (Wildman–Crippen LogP) is 1.51. The molecule has 0 aromatic heterocycles. The maximum absolute atomic E-state index is 13.2. The van der Waals surface area contributed by atoms with Crippen LogP contribution in [0.4, 0.5) is 0 Å². The zero-order valence-corrected chi connectivity index (χ0v) is 15.8. The molecule has 142 valence electrons. The lowest BCUT2D eigenvalue weighted by molar-refractivity contribution is -0.168. The highest BCUT2D eigenvalue weighted by atomic mass is 16.5. The number of morpholine rings is 1. The van der Waals surface area contributed by atoms with Gasteiger partial charge in [0, 0.05) is 26.7 Å². The number of carbonyl (C=O) groups is 2. The first kappa shape index (κ1) is 18.9. The van der Waals surface area contributed by atoms with Gasteiger partial charge in [-0.2, -0.15) is 0 Å². The van der Waals surface area contributed by atoms with Crippen molar-refractivity contribution in [2.24, 2.45) is 5.41 Å². The van der Waals surface area contributed by atoms with E-state index in [0.717, 1.165) is 24.0 Å². The fraction of sp³-hybridized carbons (Fsp3) is 0.600. The largest absolute Gasteiger partial charge is 0.396 e. The van der Waals surface area contributed by atoms with Crippen LogP contribution in [0.5, 0.6) is 0 Å². The van der Waals surface area contributed by atoms with Gasteiger partial charge < -0.3 is 19.6 Å². The molecule has 1 aromatic carbocycles. The summed E-state index contributed by atoms with van der Waals surface area (Å²) in [7, 11) is 1.74. The first-order valence-electron chi connectivity index (χ1n) is 9.19. The van der Waals surface area contributed by atoms with Gasteiger partial charge in [-0.15, -0.1) is 0 Å². The lowest BCUT2D eigenvalue weighted by atomic mass is 9.81. The molecule has 1 N–H and O–H groups in total. The van der Waals surface area contributed by atoms with Gasteiger partial charge in [-0.25, -0.2) is 0 Å². The minimum absolute atomic E-state index is 0.0717. The number of nitrogens with zero attached hydrogens (tertiary/aromatic N) is 2. The fourth-order valence-electron chi connectivity index (χ4n) is 3.81. The van der Waals surface area contributed by atoms with E-state index in [0.29, 0.717) is 13.1 Å². The number of ether oxygens (including phenoxy) is 1. The summed E-state index contributed by atoms with van der Waals surface area (Å²) >= 11 is 0. The fourth-order valence-corrected chi connectivity index (χ4v) is 3.81. The molecular weight excluding hydrogens is 332 g/mol. The number of amides is 2. The molecule has 0 aliphatic carbocycles. The van der Waals surface area contributed by atoms with E-state index < -0.39 is 12.1 Å². The van der Waals surface area contributed by atoms with Crippen molar-refractivity contribution < 1.29 is 19.4 Å². The van der Waals surface area contributed by atoms with Crippen LogP contribution < -0.4 is 0 Å². The Kier molecular flexibility index (Phi) is 5.34. The number of hydrogen-bond donors (Lipinski definition) is 1. The summed E-state index contributed by atoms with van der Waals surface area (Å²) < 4.78 is 5.74. The number of benzene rings is 1. The van der Waals surface area contributed by atoms with E-state index in [1.807, 2.05) is 36.1 Å². The van der Waals surface area contributed by atoms with Crippen molar-refractivity contribution in [3.05, 3.63) is 35.4 Å². The normalized spacial score (nSPS) is 26.1. The van der Waals surface area contributed by atoms with Gasteiger partial charge in [0.2, 0.25) is 5.91 Å². The molecule has 2 heterocycles. The smallest absolute Gasteiger partial charge is 0.254 e. The molecule has 2 amide bonds. The molecule has 6 nitrogen and oxygen atoms in total. The van der Waals surface area contributed by atoms with Gasteiger partial charge in [0.15, 0.2) is 6.10 Å². The Bertz CT molecular complexity index is 682. The Morgan fingerprint density at radius 2 is 1.96 bits per heavy atom. The second kappa shape index (κ2) is 7.37. The van der Waals surface area contributed by atoms with Gasteiger partial charge in [-0.3, -0.25) is 9.59 Å². The summed E-state index contributed by atoms with van der Waals surface area (Å²) in [6, 6.07) is 7.39. The number of rotatable bonds is 3. The van der Waals surface area contributed by atoms with Crippen molar-refractivity contribution in [2.45, 2.75) is 38.8 Å². The van der Waals surface area contributed by atoms with Crippen LogP contribution in [0, 0.1) is 12.3 Å². The van der Waals surface area contributed by atoms with Gasteiger partial charge in [-0.1, -0.05) is 31.2 Å². The third-order valence-electron chi connectivity index (χ3n) is 5.90. The number of aliphatic hydroxyl groups excluding tert-OH is 1. The molecule has 0 saturated carbocycles. The molecular formula is C20H28N2O4. The first-order chi connectivity index (χ1) is 12.4. The number of likely N-dealkylation sites (tertiary alicyclic amines) is 1. The van der Waals surface area contributed by atoms with Gasteiger partial charge in [0.1, 0.15) is 6.61 Å². The molecule has 2 saturated heterocycles. The molecule has 3 rings (SSSR count). The highest BCUT2D eigenvalue weighted by molar-refractivity contribution is 5.86. The Morgan fingerprint density at radius 3 is 2.58 bits per heavy atom. The summed E-state index contributed by atoms with van der Waals surface area (Å²) in [5.74, 6) is -0.189. The molecule has 2 fully saturated rings. The summed E-state index contributed by atoms with van der Waals surface area (Å²) in [6.07, 6.45) is 0.842. The molecule has 6 heteroatoms. The Morgan fingerprint density at radius 1 is 1.31 bits per heavy atom. The summed E-state index contributed by atoms with van der Waals surface area (Å²) in [6.45, 7) is 5.31. The maximum Gasteiger partial charge on any atom is 0.254 e. The van der Waals surface area contributed by atoms with Crippen LogP contribution in [0.1, 0.15) is 36.9 Å². The highest BCUT2D eigenvalue weighted by Crippen LogP contribution is 2.35. The van der Waals surface area contributed by atoms with Crippen molar-refractivity contribution >= 4 is 11.8 Å². The lowest BCUT2D eigenvalue weighted by Gasteiger charge is -2.43. The molecule has 0 bridgehead atoms. The lowest BCUT2D eigenvalue weighted by Crippen LogP contribution is -2.55. The van der Waals surface area contributed by atoms with Gasteiger partial charge in [-0.05, 0) is 36.3 Å². The molecule has 2 unspecified atom stereocenters. The highest BCUT2D eigenvalue weighted by Gasteiger charge is 2.43. The number of piperidine rings is 1. The van der Waals surface area contributed by atoms with Gasteiger partial charge >= 0.3 is 0 Å². The minimum Gasteiger partial charge on any atom is -0.396 e. The van der Waals surface area contributed by atoms with Crippen LogP contribution in [-0.4, -0.2) is 66.2 Å². The number of aryl methyl sites for hydroxylation is 1. The van der Waals surface area contributed by atoms with Crippen molar-refractivity contribution in [2.75, 3.05) is 33.4 Å². The van der Waals surface area contributed by atoms with E-state index in [2.05, 4.69) is 6.92 Å². The monoisotopic (exact) mass is 360 g/mol. The Labute approximate surface area is 154 Å². The van der Waals surface area contributed by atoms with E-state index >= 15 is 0 Å². The minimum atomic E-state index is -0.697. The van der Waals surface area contributed by atoms with Crippen LogP contribution in [0.25, 0.3) is 0 Å². The second-order valence-corrected chi connectivity index (χ2v) is 7.83. The molecule has 2 atom stereocenters. The number of hydrogen-bond acceptors (Lipinski definition) is 4. The maximum atomic E-state index is 13.2. The van der Waals surface area contributed by atoms with Gasteiger partial charge in [0.25, 0.3) is 5.91 Å². The quantitative estimate of drug-likeness (QED) is 0.887. The number of likely N-dealkylation sites (N-methyl/N-ethyl adjacent to an activating group) is 1. The molecule has 2 aliphatic heterocycles. The molecule has 2 aliphatic rings. The second-order valence-electron chi connectivity index (χ2n) is 7.83. The summed E-state index contributed by atoms with van der Waals surface area (Å²) in [5.41, 5.74) is 1.86. The zero-order chi connectivity index (χ0) is 18.9. The van der Waals surface area contributed by atoms with Crippen molar-refractivity contribution in [3.8, 4) is 0 Å². The Balaban J connectivity index is 1.84. The van der Waals surface area contributed by atoms with Crippen molar-refractivity contribution in [1.29, 1.82) is 0 Å². The van der Waals surface area contributed by atoms with Gasteiger partial charge in [0.05, 0.1) is 6.04 Å². The van der Waals surface area contributed by atoms with Crippen LogP contribution >= 0.6 is 0 Å². The first-order valence-corrected chi connectivity index (χ1v) is 9.19. The van der Waals surface area contributed by atoms with Crippen LogP contribution in [0.3, 0.4) is 0 Å². The van der Waals surface area contributed by atoms with Crippen LogP contribution in [0.15, 0.2) is 24.3 Å². The Hall–Kier alpha value is -1.92. The van der Waals surface area contributed by atoms with Crippen LogP contribution in [-0.2, 0) is 14.3 Å². The number of aliphatic hydroxyl groups is 1. The molecule has 0 radical (unpaired) electrons. The predicted molar refractivity (Wildman–Crippen MR) is 97.4 cm³/mol. The zero-order valence-electron chi connectivity index (χ0n) is 15.8. The van der Waals surface area contributed by atoms with E-state index in [4.69, 9.17) is 4.74 Å². The van der Waals surface area contributed by atoms with E-state index in [9.17, 15) is 14.7 Å². The van der Waals surface area contributed by atoms with Crippen molar-refractivity contribution in [3.63, 3.8) is 0 Å². The third kappa shape index (κ3) is 3.48. The van der Waals surface area contributed by atoms with Crippen LogP contribution in [0.2, 0.25) is 0 Å². The standard InChI is InChI=1S/C20H28N2O4/c1-14-6-4-5-7-15(14)17-18(26-12-16(24)21(17)3)19(25)22-10-8-20(2,13-23)9-11-22/h4-7,17-18,23H,8-13H2,1-3H3. The average Bonchev–Trinajstić information content (AvgIpc) is 2.65. The van der Waals surface area contributed by atoms with E-state index in [1.54, 1.807) is 11.9 Å². The molecule has 0 spiro atoms. The molecule has 26 heavy (non-hydrogen) atoms. The topological polar surface area (TPSA) is 70.1 Å². The average molecular weight is 360 g/mol. The summed E-state index contributed by atoms with van der Waals surface area (Å²) in [5, 5.41) is 9.54. The third-order valence-corrected chi connectivity index (χ3v) is 5.90. The SMILES string of the molecule is Cc1ccccc1C1C(C(=O)N2CCC(C)(CO)CC2)OCC(=O)N1C. The van der Waals surface area contributed by atoms with Crippen molar-refractivity contribution in [1.82, 2.24) is 9.80 Å². The molecule has 1 aromatic rings.